The third-order valence-corrected chi connectivity index (χ3v) is 3.63. The van der Waals surface area contributed by atoms with E-state index in [1.165, 1.54) is 30.4 Å². The maximum Gasteiger partial charge on any atom is 0.0808 e. The zero-order valence-corrected chi connectivity index (χ0v) is 12.6. The standard InChI is InChI=1S/C17H27NO2/c1-2-10-18-12-15-6-8-16(9-7-15)13-19-14-17-5-3-4-11-20-17/h6-9,17-18H,2-5,10-14H2,1H3. The molecule has 1 N–H and O–H groups in total. The SMILES string of the molecule is CCCNCc1ccc(COCC2CCCCO2)cc1. The maximum atomic E-state index is 5.76. The van der Waals surface area contributed by atoms with E-state index in [1.807, 2.05) is 0 Å². The molecule has 1 aromatic rings. The molecule has 0 spiro atoms. The molecule has 20 heavy (non-hydrogen) atoms. The molecule has 3 nitrogen and oxygen atoms in total. The highest BCUT2D eigenvalue weighted by molar-refractivity contribution is 5.21. The summed E-state index contributed by atoms with van der Waals surface area (Å²) < 4.78 is 11.4. The van der Waals surface area contributed by atoms with E-state index in [1.54, 1.807) is 0 Å². The van der Waals surface area contributed by atoms with E-state index in [-0.39, 0.29) is 0 Å². The van der Waals surface area contributed by atoms with Gasteiger partial charge in [-0.15, -0.1) is 0 Å². The van der Waals surface area contributed by atoms with Crippen molar-refractivity contribution in [2.75, 3.05) is 19.8 Å². The van der Waals surface area contributed by atoms with Gasteiger partial charge in [0, 0.05) is 13.2 Å². The van der Waals surface area contributed by atoms with Crippen LogP contribution in [0.3, 0.4) is 0 Å². The first-order chi connectivity index (χ1) is 9.88. The molecule has 0 bridgehead atoms. The molecule has 3 heteroatoms. The van der Waals surface area contributed by atoms with Gasteiger partial charge < -0.3 is 14.8 Å². The van der Waals surface area contributed by atoms with E-state index in [0.29, 0.717) is 12.7 Å². The highest BCUT2D eigenvalue weighted by Crippen LogP contribution is 2.13. The Morgan fingerprint density at radius 1 is 1.20 bits per heavy atom. The minimum absolute atomic E-state index is 0.307. The Labute approximate surface area is 122 Å². The van der Waals surface area contributed by atoms with E-state index < -0.39 is 0 Å². The summed E-state index contributed by atoms with van der Waals surface area (Å²) in [4.78, 5) is 0. The Balaban J connectivity index is 1.65. The number of hydrogen-bond donors (Lipinski definition) is 1. The van der Waals surface area contributed by atoms with Crippen molar-refractivity contribution in [2.45, 2.75) is 51.9 Å². The van der Waals surface area contributed by atoms with Gasteiger partial charge in [-0.05, 0) is 43.4 Å². The monoisotopic (exact) mass is 277 g/mol. The molecule has 1 aliphatic heterocycles. The Kier molecular flexibility index (Phi) is 7.06. The first kappa shape index (κ1) is 15.5. The minimum Gasteiger partial charge on any atom is -0.376 e. The minimum atomic E-state index is 0.307. The molecule has 1 aliphatic rings. The lowest BCUT2D eigenvalue weighted by atomic mass is 10.1. The van der Waals surface area contributed by atoms with Gasteiger partial charge in [0.15, 0.2) is 0 Å². The molecule has 1 aromatic carbocycles. The molecule has 1 heterocycles. The number of nitrogens with one attached hydrogen (secondary N) is 1. The van der Waals surface area contributed by atoms with Crippen LogP contribution in [0.5, 0.6) is 0 Å². The van der Waals surface area contributed by atoms with Gasteiger partial charge in [0.2, 0.25) is 0 Å². The van der Waals surface area contributed by atoms with Crippen LogP contribution >= 0.6 is 0 Å². The van der Waals surface area contributed by atoms with Crippen molar-refractivity contribution in [1.29, 1.82) is 0 Å². The molecular weight excluding hydrogens is 250 g/mol. The normalized spacial score (nSPS) is 19.1. The Morgan fingerprint density at radius 3 is 2.70 bits per heavy atom. The summed E-state index contributed by atoms with van der Waals surface area (Å²) in [6, 6.07) is 8.67. The van der Waals surface area contributed by atoms with Crippen molar-refractivity contribution in [1.82, 2.24) is 5.32 Å². The molecule has 1 fully saturated rings. The van der Waals surface area contributed by atoms with Crippen molar-refractivity contribution in [3.8, 4) is 0 Å². The number of hydrogen-bond acceptors (Lipinski definition) is 3. The molecule has 0 aromatic heterocycles. The quantitative estimate of drug-likeness (QED) is 0.740. The van der Waals surface area contributed by atoms with Gasteiger partial charge in [-0.2, -0.15) is 0 Å². The van der Waals surface area contributed by atoms with Crippen molar-refractivity contribution < 1.29 is 9.47 Å². The lowest BCUT2D eigenvalue weighted by Gasteiger charge is -2.22. The molecule has 0 radical (unpaired) electrons. The average molecular weight is 277 g/mol. The van der Waals surface area contributed by atoms with Gasteiger partial charge in [0.1, 0.15) is 0 Å². The lowest BCUT2D eigenvalue weighted by Crippen LogP contribution is -2.24. The summed E-state index contributed by atoms with van der Waals surface area (Å²) in [6.07, 6.45) is 5.09. The number of rotatable bonds is 8. The molecule has 1 saturated heterocycles. The van der Waals surface area contributed by atoms with Crippen LogP contribution in [0.2, 0.25) is 0 Å². The highest BCUT2D eigenvalue weighted by Gasteiger charge is 2.13. The molecule has 2 rings (SSSR count). The molecule has 0 saturated carbocycles. The highest BCUT2D eigenvalue weighted by atomic mass is 16.5. The van der Waals surface area contributed by atoms with Crippen molar-refractivity contribution in [3.05, 3.63) is 35.4 Å². The molecule has 1 unspecified atom stereocenters. The van der Waals surface area contributed by atoms with Crippen LogP contribution < -0.4 is 5.32 Å². The van der Waals surface area contributed by atoms with Gasteiger partial charge in [0.25, 0.3) is 0 Å². The van der Waals surface area contributed by atoms with Crippen molar-refractivity contribution in [2.24, 2.45) is 0 Å². The van der Waals surface area contributed by atoms with Crippen LogP contribution in [0.15, 0.2) is 24.3 Å². The summed E-state index contributed by atoms with van der Waals surface area (Å²) in [7, 11) is 0. The summed E-state index contributed by atoms with van der Waals surface area (Å²) in [6.45, 7) is 6.51. The van der Waals surface area contributed by atoms with Crippen LogP contribution in [-0.4, -0.2) is 25.9 Å². The van der Waals surface area contributed by atoms with Gasteiger partial charge in [-0.3, -0.25) is 0 Å². The van der Waals surface area contributed by atoms with Crippen LogP contribution in [-0.2, 0) is 22.6 Å². The lowest BCUT2D eigenvalue weighted by molar-refractivity contribution is -0.0447. The van der Waals surface area contributed by atoms with Crippen molar-refractivity contribution >= 4 is 0 Å². The second-order valence-electron chi connectivity index (χ2n) is 5.50. The zero-order valence-electron chi connectivity index (χ0n) is 12.6. The van der Waals surface area contributed by atoms with E-state index in [0.717, 1.165) is 32.7 Å². The number of benzene rings is 1. The van der Waals surface area contributed by atoms with Gasteiger partial charge in [-0.25, -0.2) is 0 Å². The van der Waals surface area contributed by atoms with Crippen LogP contribution in [0.4, 0.5) is 0 Å². The third-order valence-electron chi connectivity index (χ3n) is 3.63. The Bertz CT molecular complexity index is 358. The van der Waals surface area contributed by atoms with E-state index in [9.17, 15) is 0 Å². The molecule has 0 aliphatic carbocycles. The summed E-state index contributed by atoms with van der Waals surface area (Å²) in [5.74, 6) is 0. The maximum absolute atomic E-state index is 5.76. The predicted octanol–water partition coefficient (Wildman–Crippen LogP) is 3.27. The van der Waals surface area contributed by atoms with Gasteiger partial charge in [-0.1, -0.05) is 31.2 Å². The average Bonchev–Trinajstić information content (AvgIpc) is 2.50. The fourth-order valence-corrected chi connectivity index (χ4v) is 2.41. The largest absolute Gasteiger partial charge is 0.376 e. The van der Waals surface area contributed by atoms with Gasteiger partial charge in [0.05, 0.1) is 19.3 Å². The van der Waals surface area contributed by atoms with Crippen LogP contribution in [0.25, 0.3) is 0 Å². The summed E-state index contributed by atoms with van der Waals surface area (Å²) >= 11 is 0. The Hall–Kier alpha value is -0.900. The second kappa shape index (κ2) is 9.11. The van der Waals surface area contributed by atoms with Crippen molar-refractivity contribution in [3.63, 3.8) is 0 Å². The topological polar surface area (TPSA) is 30.5 Å². The summed E-state index contributed by atoms with van der Waals surface area (Å²) in [5, 5.41) is 3.41. The summed E-state index contributed by atoms with van der Waals surface area (Å²) in [5.41, 5.74) is 2.57. The predicted molar refractivity (Wildman–Crippen MR) is 81.7 cm³/mol. The smallest absolute Gasteiger partial charge is 0.0808 e. The molecular formula is C17H27NO2. The van der Waals surface area contributed by atoms with Crippen LogP contribution in [0.1, 0.15) is 43.7 Å². The molecule has 112 valence electrons. The van der Waals surface area contributed by atoms with Gasteiger partial charge >= 0.3 is 0 Å². The Morgan fingerprint density at radius 2 is 2.00 bits per heavy atom. The first-order valence-electron chi connectivity index (χ1n) is 7.86. The number of ether oxygens (including phenoxy) is 2. The van der Waals surface area contributed by atoms with E-state index >= 15 is 0 Å². The third kappa shape index (κ3) is 5.61. The fraction of sp³-hybridized carbons (Fsp3) is 0.647. The fourth-order valence-electron chi connectivity index (χ4n) is 2.41. The second-order valence-corrected chi connectivity index (χ2v) is 5.50. The molecule has 0 amide bonds. The zero-order chi connectivity index (χ0) is 14.0. The van der Waals surface area contributed by atoms with E-state index in [2.05, 4.69) is 36.5 Å². The van der Waals surface area contributed by atoms with Crippen LogP contribution in [0, 0.1) is 0 Å². The first-order valence-corrected chi connectivity index (χ1v) is 7.86. The molecule has 1 atom stereocenters. The van der Waals surface area contributed by atoms with E-state index in [4.69, 9.17) is 9.47 Å².